The molecule has 4 N–H and O–H groups in total. The Kier molecular flexibility index (Phi) is 24.3. The van der Waals surface area contributed by atoms with Gasteiger partial charge in [-0.3, -0.25) is 19.2 Å². The molecule has 0 radical (unpaired) electrons. The van der Waals surface area contributed by atoms with Crippen molar-refractivity contribution in [2.45, 2.75) is 117 Å². The number of carbonyl (C=O) groups excluding carboxylic acids is 6. The first kappa shape index (κ1) is 57.0. The molecule has 3 aromatic carbocycles. The fourth-order valence-electron chi connectivity index (χ4n) is 8.36. The van der Waals surface area contributed by atoms with Gasteiger partial charge in [0, 0.05) is 51.2 Å². The average molecular weight is 939 g/mol. The molecular formula is C54H82N8O6. The molecule has 0 aliphatic carbocycles. The largest absolute Gasteiger partial charge is 0.345 e. The van der Waals surface area contributed by atoms with Crippen LogP contribution in [0, 0.1) is 10.8 Å². The molecule has 0 saturated carbocycles. The number of carbonyl (C=O) groups is 6. The van der Waals surface area contributed by atoms with Crippen LogP contribution >= 0.6 is 0 Å². The first-order valence-electron chi connectivity index (χ1n) is 24.2. The molecular weight excluding hydrogens is 857 g/mol. The molecule has 3 aromatic rings. The monoisotopic (exact) mass is 939 g/mol. The lowest BCUT2D eigenvalue weighted by Gasteiger charge is -2.36. The van der Waals surface area contributed by atoms with E-state index in [1.54, 1.807) is 14.1 Å². The van der Waals surface area contributed by atoms with E-state index in [4.69, 9.17) is 0 Å². The van der Waals surface area contributed by atoms with Crippen LogP contribution in [0.15, 0.2) is 84.9 Å². The van der Waals surface area contributed by atoms with Gasteiger partial charge in [0.05, 0.1) is 25.6 Å². The summed E-state index contributed by atoms with van der Waals surface area (Å²) in [6.07, 6.45) is 6.86. The van der Waals surface area contributed by atoms with Crippen molar-refractivity contribution in [1.82, 2.24) is 40.9 Å². The maximum absolute atomic E-state index is 13.7. The number of likely N-dealkylation sites (tertiary alicyclic amines) is 2. The van der Waals surface area contributed by atoms with E-state index in [1.807, 2.05) is 112 Å². The second-order valence-electron chi connectivity index (χ2n) is 20.4. The molecule has 2 aliphatic heterocycles. The van der Waals surface area contributed by atoms with Gasteiger partial charge < -0.3 is 50.5 Å². The maximum Gasteiger partial charge on any atom is 0.245 e. The predicted molar refractivity (Wildman–Crippen MR) is 272 cm³/mol. The van der Waals surface area contributed by atoms with Gasteiger partial charge >= 0.3 is 0 Å². The van der Waals surface area contributed by atoms with Crippen molar-refractivity contribution in [3.05, 3.63) is 107 Å². The molecule has 68 heavy (non-hydrogen) atoms. The first-order valence-corrected chi connectivity index (χ1v) is 24.2. The number of likely N-dealkylation sites (N-methyl/N-ethyl adjacent to an activating group) is 4. The van der Waals surface area contributed by atoms with Crippen LogP contribution < -0.4 is 21.3 Å². The van der Waals surface area contributed by atoms with Crippen LogP contribution in [-0.4, -0.2) is 147 Å². The summed E-state index contributed by atoms with van der Waals surface area (Å²) in [4.78, 5) is 80.0. The highest BCUT2D eigenvalue weighted by Gasteiger charge is 2.40. The Labute approximate surface area is 407 Å². The molecule has 2 fully saturated rings. The minimum Gasteiger partial charge on any atom is -0.345 e. The van der Waals surface area contributed by atoms with Crippen LogP contribution in [0.5, 0.6) is 0 Å². The Morgan fingerprint density at radius 1 is 0.676 bits per heavy atom. The standard InChI is InChI=1S/C37H56N6O3.C9H18N2O2.C8H8O/c1-37(2,3)35(39-33(44)23-38-4)36(46)43-21-11-15-32(43)26-40(5)24-29-16-18-30(19-17-29)25-42(27-31-14-10-20-41(31)6)34(45)22-28-12-8-7-9-13-28;1-9(2,3)7(6-12)11-8(13)5-10-4;9-7-6-8-4-2-1-3-5-8/h7-9,12-13,16-19,31-32,35,38H,10-11,14-15,20-27H2,1-6H3,(H,39,44);6-7,10H,5H2,1-4H3,(H,11,13);1-5,7H,6H2. The fourth-order valence-corrected chi connectivity index (χ4v) is 8.36. The van der Waals surface area contributed by atoms with E-state index in [1.165, 1.54) is 12.0 Å². The molecule has 0 aromatic heterocycles. The molecule has 4 atom stereocenters. The summed E-state index contributed by atoms with van der Waals surface area (Å²) >= 11 is 0. The van der Waals surface area contributed by atoms with E-state index >= 15 is 0 Å². The van der Waals surface area contributed by atoms with Crippen molar-refractivity contribution in [3.63, 3.8) is 0 Å². The molecule has 5 rings (SSSR count). The second-order valence-corrected chi connectivity index (χ2v) is 20.4. The summed E-state index contributed by atoms with van der Waals surface area (Å²) in [7, 11) is 7.68. The number of hydrogen-bond acceptors (Lipinski definition) is 10. The zero-order chi connectivity index (χ0) is 50.3. The lowest BCUT2D eigenvalue weighted by atomic mass is 9.85. The van der Waals surface area contributed by atoms with Crippen molar-refractivity contribution in [1.29, 1.82) is 0 Å². The minimum absolute atomic E-state index is 0.00682. The van der Waals surface area contributed by atoms with Gasteiger partial charge in [-0.1, -0.05) is 126 Å². The third-order valence-corrected chi connectivity index (χ3v) is 12.3. The van der Waals surface area contributed by atoms with Crippen molar-refractivity contribution < 1.29 is 28.8 Å². The van der Waals surface area contributed by atoms with E-state index in [9.17, 15) is 28.8 Å². The van der Waals surface area contributed by atoms with Gasteiger partial charge in [-0.15, -0.1) is 0 Å². The highest BCUT2D eigenvalue weighted by Crippen LogP contribution is 2.27. The van der Waals surface area contributed by atoms with Gasteiger partial charge in [0.2, 0.25) is 23.6 Å². The van der Waals surface area contributed by atoms with Crippen LogP contribution in [0.4, 0.5) is 0 Å². The summed E-state index contributed by atoms with van der Waals surface area (Å²) < 4.78 is 0. The number of nitrogens with zero attached hydrogens (tertiary/aromatic N) is 4. The molecule has 14 heteroatoms. The van der Waals surface area contributed by atoms with Gasteiger partial charge in [-0.2, -0.15) is 0 Å². The summed E-state index contributed by atoms with van der Waals surface area (Å²) in [5.41, 5.74) is 3.83. The van der Waals surface area contributed by atoms with Crippen molar-refractivity contribution in [2.24, 2.45) is 10.8 Å². The van der Waals surface area contributed by atoms with Crippen LogP contribution in [0.3, 0.4) is 0 Å². The predicted octanol–water partition coefficient (Wildman–Crippen LogP) is 4.89. The van der Waals surface area contributed by atoms with Crippen LogP contribution in [0.1, 0.15) is 89.5 Å². The van der Waals surface area contributed by atoms with Gasteiger partial charge in [-0.05, 0) is 93.5 Å². The topological polar surface area (TPSA) is 163 Å². The molecule has 2 saturated heterocycles. The van der Waals surface area contributed by atoms with Gasteiger partial charge in [0.25, 0.3) is 0 Å². The number of hydrogen-bond donors (Lipinski definition) is 4. The fraction of sp³-hybridized carbons (Fsp3) is 0.556. The summed E-state index contributed by atoms with van der Waals surface area (Å²) in [5, 5.41) is 11.2. The minimum atomic E-state index is -0.569. The Morgan fingerprint density at radius 3 is 1.71 bits per heavy atom. The Balaban J connectivity index is 0.000000455. The highest BCUT2D eigenvalue weighted by atomic mass is 16.2. The molecule has 0 spiro atoms. The average Bonchev–Trinajstić information content (AvgIpc) is 3.93. The third-order valence-electron chi connectivity index (χ3n) is 12.3. The summed E-state index contributed by atoms with van der Waals surface area (Å²) in [6.45, 7) is 16.8. The molecule has 4 amide bonds. The maximum atomic E-state index is 13.7. The quantitative estimate of drug-likeness (QED) is 0.115. The SMILES string of the molecule is CNCC(=O)NC(C(=O)N1CCCC1CN(C)Cc1ccc(CN(CC2CCCN2C)C(=O)Cc2ccccc2)cc1)C(C)(C)C.CNCC(=O)NC(C=O)C(C)(C)C.O=CCc1ccccc1. The number of rotatable bonds is 20. The molecule has 2 heterocycles. The Morgan fingerprint density at radius 2 is 1.21 bits per heavy atom. The summed E-state index contributed by atoms with van der Waals surface area (Å²) in [6, 6.07) is 27.8. The van der Waals surface area contributed by atoms with Crippen molar-refractivity contribution in [2.75, 3.05) is 67.5 Å². The van der Waals surface area contributed by atoms with E-state index in [2.05, 4.69) is 69.4 Å². The molecule has 14 nitrogen and oxygen atoms in total. The van der Waals surface area contributed by atoms with E-state index < -0.39 is 17.5 Å². The van der Waals surface area contributed by atoms with E-state index in [-0.39, 0.29) is 48.2 Å². The number of benzene rings is 3. The third kappa shape index (κ3) is 20.1. The first-order chi connectivity index (χ1) is 32.3. The van der Waals surface area contributed by atoms with Crippen LogP contribution in [0.25, 0.3) is 0 Å². The molecule has 2 aliphatic rings. The Bertz CT molecular complexity index is 1990. The zero-order valence-electron chi connectivity index (χ0n) is 42.7. The normalized spacial score (nSPS) is 16.9. The highest BCUT2D eigenvalue weighted by molar-refractivity contribution is 5.89. The lowest BCUT2D eigenvalue weighted by molar-refractivity contribution is -0.140. The van der Waals surface area contributed by atoms with Gasteiger partial charge in [0.1, 0.15) is 18.6 Å². The zero-order valence-corrected chi connectivity index (χ0v) is 42.7. The number of nitrogens with one attached hydrogen (secondary N) is 4. The van der Waals surface area contributed by atoms with Crippen LogP contribution in [0.2, 0.25) is 0 Å². The molecule has 4 unspecified atom stereocenters. The van der Waals surface area contributed by atoms with Gasteiger partial charge in [-0.25, -0.2) is 0 Å². The van der Waals surface area contributed by atoms with Gasteiger partial charge in [0.15, 0.2) is 0 Å². The number of amides is 4. The second kappa shape index (κ2) is 28.9. The number of aldehydes is 2. The van der Waals surface area contributed by atoms with Crippen LogP contribution in [-0.2, 0) is 54.7 Å². The van der Waals surface area contributed by atoms with E-state index in [0.29, 0.717) is 25.4 Å². The molecule has 0 bridgehead atoms. The lowest BCUT2D eigenvalue weighted by Crippen LogP contribution is -2.57. The summed E-state index contributed by atoms with van der Waals surface area (Å²) in [5.74, 6) is -0.148. The molecule has 374 valence electrons. The smallest absolute Gasteiger partial charge is 0.245 e. The van der Waals surface area contributed by atoms with E-state index in [0.717, 1.165) is 81.2 Å². The van der Waals surface area contributed by atoms with Crippen molar-refractivity contribution >= 4 is 36.2 Å². The Hall–Kier alpha value is -5.28. The van der Waals surface area contributed by atoms with Crippen molar-refractivity contribution in [3.8, 4) is 0 Å².